The highest BCUT2D eigenvalue weighted by Gasteiger charge is 2.31. The number of carbonyl (C=O) groups excluding carboxylic acids is 1. The van der Waals surface area contributed by atoms with E-state index in [-0.39, 0.29) is 30.1 Å². The number of ketones is 1. The minimum atomic E-state index is -0.679. The van der Waals surface area contributed by atoms with Gasteiger partial charge in [0.1, 0.15) is 5.78 Å². The molecule has 0 bridgehead atoms. The van der Waals surface area contributed by atoms with Crippen molar-refractivity contribution in [3.8, 4) is 0 Å². The van der Waals surface area contributed by atoms with Crippen LogP contribution in [0.3, 0.4) is 0 Å². The molecule has 0 saturated carbocycles. The molecule has 1 N–H and O–H groups in total. The highest BCUT2D eigenvalue weighted by Crippen LogP contribution is 2.26. The highest BCUT2D eigenvalue weighted by atomic mass is 16.5. The zero-order valence-corrected chi connectivity index (χ0v) is 16.3. The van der Waals surface area contributed by atoms with Gasteiger partial charge in [-0.3, -0.25) is 4.79 Å². The summed E-state index contributed by atoms with van der Waals surface area (Å²) in [4.78, 5) is 12.2. The third kappa shape index (κ3) is 6.37. The fraction of sp³-hybridized carbons (Fsp3) is 0.667. The lowest BCUT2D eigenvalue weighted by Crippen LogP contribution is -2.38. The van der Waals surface area contributed by atoms with Gasteiger partial charge < -0.3 is 9.84 Å². The van der Waals surface area contributed by atoms with Crippen molar-refractivity contribution in [3.63, 3.8) is 0 Å². The minimum absolute atomic E-state index is 0.0860. The summed E-state index contributed by atoms with van der Waals surface area (Å²) in [5, 5.41) is 10.5. The molecular formula is C21H34O3. The Hall–Kier alpha value is -1.19. The Labute approximate surface area is 147 Å². The number of carbonyl (C=O) groups is 1. The standard InChI is InChI=1S/C21H34O3/c1-14(2)20(24-13-17-10-8-15(3)9-11-17)16(4)18(22)12-19(23)21(5,6)7/h8-11,14,16,18,20,22H,12-13H2,1-7H3/t16-,18+,20-/m1/s1. The first-order valence-electron chi connectivity index (χ1n) is 8.91. The van der Waals surface area contributed by atoms with Crippen LogP contribution < -0.4 is 0 Å². The molecule has 3 nitrogen and oxygen atoms in total. The molecule has 3 atom stereocenters. The Bertz CT molecular complexity index is 511. The van der Waals surface area contributed by atoms with Gasteiger partial charge in [-0.05, 0) is 18.4 Å². The van der Waals surface area contributed by atoms with Crippen molar-refractivity contribution in [2.75, 3.05) is 0 Å². The van der Waals surface area contributed by atoms with Crippen molar-refractivity contribution < 1.29 is 14.6 Å². The Morgan fingerprint density at radius 2 is 1.67 bits per heavy atom. The van der Waals surface area contributed by atoms with Crippen molar-refractivity contribution in [2.24, 2.45) is 17.3 Å². The maximum atomic E-state index is 12.2. The summed E-state index contributed by atoms with van der Waals surface area (Å²) < 4.78 is 6.11. The first-order valence-corrected chi connectivity index (χ1v) is 8.91. The number of aliphatic hydroxyl groups excluding tert-OH is 1. The first kappa shape index (κ1) is 20.9. The topological polar surface area (TPSA) is 46.5 Å². The van der Waals surface area contributed by atoms with E-state index in [1.807, 2.05) is 27.7 Å². The average Bonchev–Trinajstić information content (AvgIpc) is 2.47. The van der Waals surface area contributed by atoms with E-state index in [9.17, 15) is 9.90 Å². The summed E-state index contributed by atoms with van der Waals surface area (Å²) in [6, 6.07) is 8.28. The molecular weight excluding hydrogens is 300 g/mol. The van der Waals surface area contributed by atoms with E-state index >= 15 is 0 Å². The largest absolute Gasteiger partial charge is 0.392 e. The van der Waals surface area contributed by atoms with Crippen molar-refractivity contribution in [1.29, 1.82) is 0 Å². The van der Waals surface area contributed by atoms with Crippen molar-refractivity contribution in [1.82, 2.24) is 0 Å². The van der Waals surface area contributed by atoms with Crippen LogP contribution in [0.1, 0.15) is 59.1 Å². The van der Waals surface area contributed by atoms with Gasteiger partial charge in [0, 0.05) is 17.8 Å². The molecule has 1 rings (SSSR count). The quantitative estimate of drug-likeness (QED) is 0.759. The third-order valence-corrected chi connectivity index (χ3v) is 4.58. The lowest BCUT2D eigenvalue weighted by atomic mass is 9.82. The number of aliphatic hydroxyl groups is 1. The van der Waals surface area contributed by atoms with E-state index in [1.165, 1.54) is 5.56 Å². The SMILES string of the molecule is Cc1ccc(CO[C@H](C(C)C)[C@H](C)[C@@H](O)CC(=O)C(C)(C)C)cc1. The normalized spacial score (nSPS) is 16.0. The van der Waals surface area contributed by atoms with Crippen molar-refractivity contribution in [2.45, 2.75) is 73.7 Å². The molecule has 0 saturated heterocycles. The van der Waals surface area contributed by atoms with Crippen LogP contribution in [0.5, 0.6) is 0 Å². The second-order valence-electron chi connectivity index (χ2n) is 8.31. The molecule has 0 amide bonds. The second-order valence-corrected chi connectivity index (χ2v) is 8.31. The van der Waals surface area contributed by atoms with E-state index in [0.29, 0.717) is 6.61 Å². The van der Waals surface area contributed by atoms with Crippen LogP contribution in [0.25, 0.3) is 0 Å². The van der Waals surface area contributed by atoms with Crippen LogP contribution >= 0.6 is 0 Å². The van der Waals surface area contributed by atoms with Gasteiger partial charge in [0.15, 0.2) is 0 Å². The Morgan fingerprint density at radius 1 is 1.12 bits per heavy atom. The summed E-state index contributed by atoms with van der Waals surface area (Å²) in [6.07, 6.45) is -0.585. The molecule has 3 heteroatoms. The third-order valence-electron chi connectivity index (χ3n) is 4.58. The van der Waals surface area contributed by atoms with Crippen molar-refractivity contribution in [3.05, 3.63) is 35.4 Å². The van der Waals surface area contributed by atoms with Crippen LogP contribution in [0.2, 0.25) is 0 Å². The number of Topliss-reactive ketones (excluding diaryl/α,β-unsaturated/α-hetero) is 1. The number of benzene rings is 1. The van der Waals surface area contributed by atoms with Gasteiger partial charge in [0.25, 0.3) is 0 Å². The molecule has 0 fully saturated rings. The predicted molar refractivity (Wildman–Crippen MR) is 98.8 cm³/mol. The molecule has 0 aliphatic rings. The number of rotatable bonds is 8. The monoisotopic (exact) mass is 334 g/mol. The number of ether oxygens (including phenoxy) is 1. The van der Waals surface area contributed by atoms with Crippen molar-refractivity contribution >= 4 is 5.78 Å². The van der Waals surface area contributed by atoms with Gasteiger partial charge in [-0.15, -0.1) is 0 Å². The second kappa shape index (κ2) is 8.77. The maximum Gasteiger partial charge on any atom is 0.140 e. The minimum Gasteiger partial charge on any atom is -0.392 e. The first-order chi connectivity index (χ1) is 11.0. The number of hydrogen-bond donors (Lipinski definition) is 1. The molecule has 0 heterocycles. The van der Waals surface area contributed by atoms with E-state index in [2.05, 4.69) is 45.0 Å². The molecule has 1 aromatic rings. The fourth-order valence-electron chi connectivity index (χ4n) is 2.73. The zero-order valence-electron chi connectivity index (χ0n) is 16.3. The van der Waals surface area contributed by atoms with E-state index < -0.39 is 11.5 Å². The van der Waals surface area contributed by atoms with Crippen LogP contribution in [0.4, 0.5) is 0 Å². The lowest BCUT2D eigenvalue weighted by Gasteiger charge is -2.32. The summed E-state index contributed by atoms with van der Waals surface area (Å²) in [7, 11) is 0. The summed E-state index contributed by atoms with van der Waals surface area (Å²) >= 11 is 0. The summed E-state index contributed by atoms with van der Waals surface area (Å²) in [6.45, 7) is 14.4. The highest BCUT2D eigenvalue weighted by molar-refractivity contribution is 5.84. The Morgan fingerprint density at radius 3 is 2.12 bits per heavy atom. The lowest BCUT2D eigenvalue weighted by molar-refractivity contribution is -0.130. The smallest absolute Gasteiger partial charge is 0.140 e. The van der Waals surface area contributed by atoms with Crippen LogP contribution in [-0.2, 0) is 16.1 Å². The van der Waals surface area contributed by atoms with Crippen LogP contribution in [-0.4, -0.2) is 23.1 Å². The van der Waals surface area contributed by atoms with E-state index in [4.69, 9.17) is 4.74 Å². The maximum absolute atomic E-state index is 12.2. The average molecular weight is 335 g/mol. The number of aryl methyl sites for hydroxylation is 1. The van der Waals surface area contributed by atoms with Gasteiger partial charge in [0.2, 0.25) is 0 Å². The molecule has 24 heavy (non-hydrogen) atoms. The zero-order chi connectivity index (χ0) is 18.5. The summed E-state index contributed by atoms with van der Waals surface area (Å²) in [5.74, 6) is 0.259. The predicted octanol–water partition coefficient (Wildman–Crippen LogP) is 4.54. The molecule has 0 radical (unpaired) electrons. The van der Waals surface area contributed by atoms with Gasteiger partial charge >= 0.3 is 0 Å². The molecule has 136 valence electrons. The fourth-order valence-corrected chi connectivity index (χ4v) is 2.73. The Balaban J connectivity index is 2.68. The van der Waals surface area contributed by atoms with Gasteiger partial charge in [-0.1, -0.05) is 71.4 Å². The molecule has 0 aliphatic carbocycles. The molecule has 0 aromatic heterocycles. The molecule has 0 unspecified atom stereocenters. The Kier molecular flexibility index (Phi) is 7.62. The van der Waals surface area contributed by atoms with Crippen LogP contribution in [0.15, 0.2) is 24.3 Å². The summed E-state index contributed by atoms with van der Waals surface area (Å²) in [5.41, 5.74) is 1.93. The molecule has 1 aromatic carbocycles. The molecule has 0 aliphatic heterocycles. The van der Waals surface area contributed by atoms with Gasteiger partial charge in [-0.2, -0.15) is 0 Å². The van der Waals surface area contributed by atoms with E-state index in [1.54, 1.807) is 0 Å². The van der Waals surface area contributed by atoms with Gasteiger partial charge in [0.05, 0.1) is 18.8 Å². The van der Waals surface area contributed by atoms with E-state index in [0.717, 1.165) is 5.56 Å². The molecule has 0 spiro atoms. The number of hydrogen-bond acceptors (Lipinski definition) is 3. The van der Waals surface area contributed by atoms with Crippen LogP contribution in [0, 0.1) is 24.2 Å². The van der Waals surface area contributed by atoms with Gasteiger partial charge in [-0.25, -0.2) is 0 Å².